The van der Waals surface area contributed by atoms with Gasteiger partial charge in [-0.1, -0.05) is 24.3 Å². The topological polar surface area (TPSA) is 40.6 Å². The molecule has 0 N–H and O–H groups in total. The molecule has 0 bridgehead atoms. The fourth-order valence-corrected chi connectivity index (χ4v) is 4.69. The van der Waals surface area contributed by atoms with Crippen LogP contribution in [0, 0.1) is 11.6 Å². The lowest BCUT2D eigenvalue weighted by Crippen LogP contribution is -2.51. The van der Waals surface area contributed by atoms with Gasteiger partial charge < -0.3 is 0 Å². The van der Waals surface area contributed by atoms with E-state index in [2.05, 4.69) is 4.90 Å². The first-order valence-corrected chi connectivity index (χ1v) is 10.5. The van der Waals surface area contributed by atoms with Gasteiger partial charge in [0, 0.05) is 26.2 Å². The predicted molar refractivity (Wildman–Crippen MR) is 102 cm³/mol. The molecule has 1 saturated heterocycles. The van der Waals surface area contributed by atoms with Crippen LogP contribution in [-0.2, 0) is 10.0 Å². The molecule has 2 aromatic carbocycles. The fourth-order valence-electron chi connectivity index (χ4n) is 3.42. The van der Waals surface area contributed by atoms with Gasteiger partial charge >= 0.3 is 0 Å². The van der Waals surface area contributed by atoms with Crippen LogP contribution in [0.2, 0.25) is 0 Å². The Labute approximate surface area is 159 Å². The molecule has 3 rings (SSSR count). The first kappa shape index (κ1) is 19.9. The van der Waals surface area contributed by atoms with Crippen molar-refractivity contribution in [3.8, 4) is 0 Å². The zero-order chi connectivity index (χ0) is 19.6. The van der Waals surface area contributed by atoms with Crippen molar-refractivity contribution in [1.82, 2.24) is 9.21 Å². The highest BCUT2D eigenvalue weighted by atomic mass is 32.2. The van der Waals surface area contributed by atoms with Gasteiger partial charge in [-0.3, -0.25) is 4.90 Å². The Balaban J connectivity index is 1.86. The molecule has 2 aromatic rings. The van der Waals surface area contributed by atoms with Gasteiger partial charge in [0.25, 0.3) is 0 Å². The summed E-state index contributed by atoms with van der Waals surface area (Å²) in [6.07, 6.45) is 0. The van der Waals surface area contributed by atoms with Crippen LogP contribution in [0.3, 0.4) is 0 Å². The first-order valence-electron chi connectivity index (χ1n) is 9.03. The summed E-state index contributed by atoms with van der Waals surface area (Å²) in [5.41, 5.74) is 1.78. The Morgan fingerprint density at radius 1 is 0.778 bits per heavy atom. The summed E-state index contributed by atoms with van der Waals surface area (Å²) >= 11 is 0. The molecule has 0 atom stereocenters. The second kappa shape index (κ2) is 8.04. The van der Waals surface area contributed by atoms with Crippen molar-refractivity contribution in [3.63, 3.8) is 0 Å². The molecule has 4 nitrogen and oxygen atoms in total. The van der Waals surface area contributed by atoms with Crippen molar-refractivity contribution in [2.24, 2.45) is 0 Å². The number of hydrogen-bond acceptors (Lipinski definition) is 3. The molecule has 0 spiro atoms. The molecule has 7 heteroatoms. The minimum atomic E-state index is -3.28. The van der Waals surface area contributed by atoms with Crippen molar-refractivity contribution in [2.45, 2.75) is 25.1 Å². The second-order valence-electron chi connectivity index (χ2n) is 7.03. The van der Waals surface area contributed by atoms with E-state index in [-0.39, 0.29) is 17.7 Å². The fraction of sp³-hybridized carbons (Fsp3) is 0.400. The molecule has 0 saturated carbocycles. The number of sulfonamides is 1. The molecule has 1 aliphatic rings. The summed E-state index contributed by atoms with van der Waals surface area (Å²) in [6.45, 7) is 5.26. The van der Waals surface area contributed by atoms with E-state index in [1.54, 1.807) is 38.1 Å². The van der Waals surface area contributed by atoms with Crippen molar-refractivity contribution >= 4 is 10.0 Å². The third-order valence-corrected chi connectivity index (χ3v) is 7.24. The van der Waals surface area contributed by atoms with Crippen LogP contribution in [-0.4, -0.2) is 49.1 Å². The Morgan fingerprint density at radius 2 is 1.19 bits per heavy atom. The third kappa shape index (κ3) is 4.36. The minimum absolute atomic E-state index is 0.185. The van der Waals surface area contributed by atoms with Crippen molar-refractivity contribution in [3.05, 3.63) is 71.3 Å². The van der Waals surface area contributed by atoms with Gasteiger partial charge in [-0.15, -0.1) is 0 Å². The SMILES string of the molecule is CC(C)S(=O)(=O)N1CCN(C(c2ccc(F)cc2)c2ccc(F)cc2)CC1. The number of halogens is 2. The summed E-state index contributed by atoms with van der Waals surface area (Å²) < 4.78 is 53.1. The van der Waals surface area contributed by atoms with E-state index in [4.69, 9.17) is 0 Å². The van der Waals surface area contributed by atoms with Gasteiger partial charge in [-0.05, 0) is 49.2 Å². The molecule has 0 amide bonds. The van der Waals surface area contributed by atoms with Gasteiger partial charge in [0.2, 0.25) is 10.0 Å². The van der Waals surface area contributed by atoms with Crippen LogP contribution in [0.1, 0.15) is 31.0 Å². The summed E-state index contributed by atoms with van der Waals surface area (Å²) in [4.78, 5) is 2.16. The van der Waals surface area contributed by atoms with Gasteiger partial charge in [0.15, 0.2) is 0 Å². The summed E-state index contributed by atoms with van der Waals surface area (Å²) in [6, 6.07) is 12.3. The van der Waals surface area contributed by atoms with Crippen molar-refractivity contribution < 1.29 is 17.2 Å². The zero-order valence-electron chi connectivity index (χ0n) is 15.5. The molecule has 1 aliphatic heterocycles. The van der Waals surface area contributed by atoms with Gasteiger partial charge in [-0.25, -0.2) is 17.2 Å². The number of piperazine rings is 1. The zero-order valence-corrected chi connectivity index (χ0v) is 16.3. The van der Waals surface area contributed by atoms with Gasteiger partial charge in [0.1, 0.15) is 11.6 Å². The van der Waals surface area contributed by atoms with E-state index in [1.165, 1.54) is 28.6 Å². The largest absolute Gasteiger partial charge is 0.290 e. The number of rotatable bonds is 5. The highest BCUT2D eigenvalue weighted by Gasteiger charge is 2.32. The molecule has 0 aliphatic carbocycles. The lowest BCUT2D eigenvalue weighted by Gasteiger charge is -2.39. The van der Waals surface area contributed by atoms with Crippen molar-refractivity contribution in [1.29, 1.82) is 0 Å². The Hall–Kier alpha value is -1.83. The first-order chi connectivity index (χ1) is 12.8. The lowest BCUT2D eigenvalue weighted by atomic mass is 9.96. The van der Waals surface area contributed by atoms with E-state index < -0.39 is 15.3 Å². The quantitative estimate of drug-likeness (QED) is 0.780. The molecule has 146 valence electrons. The average Bonchev–Trinajstić information content (AvgIpc) is 2.65. The molecule has 0 aromatic heterocycles. The number of hydrogen-bond donors (Lipinski definition) is 0. The summed E-state index contributed by atoms with van der Waals surface area (Å²) in [5, 5.41) is -0.450. The van der Waals surface area contributed by atoms with Crippen LogP contribution in [0.5, 0.6) is 0 Å². The van der Waals surface area contributed by atoms with E-state index in [1.807, 2.05) is 0 Å². The van der Waals surface area contributed by atoms with E-state index in [9.17, 15) is 17.2 Å². The maximum Gasteiger partial charge on any atom is 0.216 e. The molecule has 0 unspecified atom stereocenters. The van der Waals surface area contributed by atoms with Crippen LogP contribution >= 0.6 is 0 Å². The smallest absolute Gasteiger partial charge is 0.216 e. The normalized spacial score (nSPS) is 17.0. The van der Waals surface area contributed by atoms with Crippen molar-refractivity contribution in [2.75, 3.05) is 26.2 Å². The average molecular weight is 394 g/mol. The summed E-state index contributed by atoms with van der Waals surface area (Å²) in [5.74, 6) is -0.631. The maximum absolute atomic E-state index is 13.4. The summed E-state index contributed by atoms with van der Waals surface area (Å²) in [7, 11) is -3.28. The Bertz CT molecular complexity index is 814. The standard InChI is InChI=1S/C20H24F2N2O2S/c1-15(2)27(25,26)24-13-11-23(12-14-24)20(16-3-7-18(21)8-4-16)17-5-9-19(22)10-6-17/h3-10,15,20H,11-14H2,1-2H3. The van der Waals surface area contributed by atoms with Gasteiger partial charge in [0.05, 0.1) is 11.3 Å². The van der Waals surface area contributed by atoms with Crippen LogP contribution < -0.4 is 0 Å². The van der Waals surface area contributed by atoms with Gasteiger partial charge in [-0.2, -0.15) is 4.31 Å². The van der Waals surface area contributed by atoms with Crippen LogP contribution in [0.25, 0.3) is 0 Å². The maximum atomic E-state index is 13.4. The van der Waals surface area contributed by atoms with E-state index in [0.29, 0.717) is 26.2 Å². The van der Waals surface area contributed by atoms with E-state index >= 15 is 0 Å². The van der Waals surface area contributed by atoms with E-state index in [0.717, 1.165) is 11.1 Å². The molecule has 27 heavy (non-hydrogen) atoms. The Kier molecular flexibility index (Phi) is 5.93. The monoisotopic (exact) mass is 394 g/mol. The molecule has 1 fully saturated rings. The second-order valence-corrected chi connectivity index (χ2v) is 9.52. The van der Waals surface area contributed by atoms with Crippen LogP contribution in [0.15, 0.2) is 48.5 Å². The Morgan fingerprint density at radius 3 is 1.56 bits per heavy atom. The number of nitrogens with zero attached hydrogens (tertiary/aromatic N) is 2. The molecule has 0 radical (unpaired) electrons. The minimum Gasteiger partial charge on any atom is -0.290 e. The molecular formula is C20H24F2N2O2S. The molecule has 1 heterocycles. The predicted octanol–water partition coefficient (Wildman–Crippen LogP) is 3.41. The lowest BCUT2D eigenvalue weighted by molar-refractivity contribution is 0.155. The highest BCUT2D eigenvalue weighted by molar-refractivity contribution is 7.89. The third-order valence-electron chi connectivity index (χ3n) is 4.97. The molecular weight excluding hydrogens is 370 g/mol. The highest BCUT2D eigenvalue weighted by Crippen LogP contribution is 2.30. The number of benzene rings is 2. The van der Waals surface area contributed by atoms with Crippen LogP contribution in [0.4, 0.5) is 8.78 Å².